The number of halogens is 1. The molecule has 0 aliphatic carbocycles. The van der Waals surface area contributed by atoms with E-state index in [1.54, 1.807) is 30.3 Å². The zero-order valence-electron chi connectivity index (χ0n) is 12.5. The van der Waals surface area contributed by atoms with Gasteiger partial charge in [0, 0.05) is 11.6 Å². The van der Waals surface area contributed by atoms with Gasteiger partial charge in [-0.25, -0.2) is 5.43 Å². The first-order valence-electron chi connectivity index (χ1n) is 6.58. The molecule has 0 aliphatic rings. The molecule has 2 rings (SSSR count). The summed E-state index contributed by atoms with van der Waals surface area (Å²) in [4.78, 5) is 12.1. The fourth-order valence-corrected chi connectivity index (χ4v) is 2.17. The molecule has 0 spiro atoms. The number of phenols is 1. The molecule has 0 aromatic heterocycles. The molecule has 0 saturated heterocycles. The largest absolute Gasteiger partial charge is 0.507 e. The number of nitrogens with one attached hydrogen (secondary N) is 1. The number of phenolic OH excluding ortho intramolecular Hbond substituents is 1. The molecule has 120 valence electrons. The molecule has 2 aromatic carbocycles. The Balaban J connectivity index is 2.09. The number of hydrogen-bond donors (Lipinski definition) is 2. The van der Waals surface area contributed by atoms with Crippen LogP contribution in [0.4, 0.5) is 0 Å². The van der Waals surface area contributed by atoms with Crippen molar-refractivity contribution in [1.82, 2.24) is 5.43 Å². The number of hydrazone groups is 1. The second kappa shape index (κ2) is 7.64. The Morgan fingerprint density at radius 2 is 1.83 bits per heavy atom. The topological polar surface area (TPSA) is 80.2 Å². The van der Waals surface area contributed by atoms with Crippen LogP contribution < -0.4 is 14.9 Å². The molecule has 0 heterocycles. The van der Waals surface area contributed by atoms with Gasteiger partial charge in [-0.1, -0.05) is 0 Å². The van der Waals surface area contributed by atoms with Gasteiger partial charge in [0.15, 0.2) is 0 Å². The fraction of sp³-hybridized carbons (Fsp3) is 0.125. The minimum atomic E-state index is -0.392. The van der Waals surface area contributed by atoms with Crippen LogP contribution in [-0.2, 0) is 0 Å². The Morgan fingerprint density at radius 3 is 2.39 bits per heavy atom. The van der Waals surface area contributed by atoms with E-state index in [1.165, 1.54) is 26.5 Å². The third-order valence-corrected chi connectivity index (χ3v) is 3.60. The van der Waals surface area contributed by atoms with E-state index >= 15 is 0 Å². The maximum absolute atomic E-state index is 12.1. The van der Waals surface area contributed by atoms with Gasteiger partial charge in [0.05, 0.1) is 24.9 Å². The normalized spacial score (nSPS) is 10.6. The zero-order chi connectivity index (χ0) is 16.8. The van der Waals surface area contributed by atoms with Gasteiger partial charge in [0.2, 0.25) is 0 Å². The van der Waals surface area contributed by atoms with E-state index in [0.29, 0.717) is 21.5 Å². The lowest BCUT2D eigenvalue weighted by molar-refractivity contribution is 0.0954. The summed E-state index contributed by atoms with van der Waals surface area (Å²) in [6.45, 7) is 0. The minimum Gasteiger partial charge on any atom is -0.507 e. The van der Waals surface area contributed by atoms with Crippen molar-refractivity contribution in [2.75, 3.05) is 14.2 Å². The maximum atomic E-state index is 12.1. The summed E-state index contributed by atoms with van der Waals surface area (Å²) in [6, 6.07) is 9.73. The Labute approximate surface area is 141 Å². The third-order valence-electron chi connectivity index (χ3n) is 2.97. The number of amides is 1. The number of hydrogen-bond acceptors (Lipinski definition) is 5. The predicted octanol–water partition coefficient (Wildman–Crippen LogP) is 2.94. The summed E-state index contributed by atoms with van der Waals surface area (Å²) in [5.74, 6) is 0.771. The molecule has 6 nitrogen and oxygen atoms in total. The average Bonchev–Trinajstić information content (AvgIpc) is 2.57. The van der Waals surface area contributed by atoms with Crippen LogP contribution in [0.3, 0.4) is 0 Å². The first kappa shape index (κ1) is 16.8. The summed E-state index contributed by atoms with van der Waals surface area (Å²) < 4.78 is 10.8. The van der Waals surface area contributed by atoms with Crippen molar-refractivity contribution in [3.05, 3.63) is 52.0 Å². The lowest BCUT2D eigenvalue weighted by atomic mass is 10.2. The number of nitrogens with zero attached hydrogens (tertiary/aromatic N) is 1. The predicted molar refractivity (Wildman–Crippen MR) is 90.4 cm³/mol. The summed E-state index contributed by atoms with van der Waals surface area (Å²) in [6.07, 6.45) is 1.47. The van der Waals surface area contributed by atoms with Crippen molar-refractivity contribution >= 4 is 28.1 Å². The van der Waals surface area contributed by atoms with Crippen molar-refractivity contribution in [3.8, 4) is 17.2 Å². The van der Waals surface area contributed by atoms with Crippen molar-refractivity contribution in [1.29, 1.82) is 0 Å². The Kier molecular flexibility index (Phi) is 5.59. The van der Waals surface area contributed by atoms with Gasteiger partial charge in [-0.2, -0.15) is 5.10 Å². The molecule has 0 aliphatic heterocycles. The molecule has 0 unspecified atom stereocenters. The zero-order valence-corrected chi connectivity index (χ0v) is 14.1. The van der Waals surface area contributed by atoms with Crippen molar-refractivity contribution in [2.24, 2.45) is 5.10 Å². The number of aromatic hydroxyl groups is 1. The number of ether oxygens (including phenoxy) is 2. The van der Waals surface area contributed by atoms with E-state index in [1.807, 2.05) is 0 Å². The summed E-state index contributed by atoms with van der Waals surface area (Å²) in [5.41, 5.74) is 3.51. The summed E-state index contributed by atoms with van der Waals surface area (Å²) in [7, 11) is 3.02. The van der Waals surface area contributed by atoms with Gasteiger partial charge in [-0.05, 0) is 51.8 Å². The monoisotopic (exact) mass is 378 g/mol. The smallest absolute Gasteiger partial charge is 0.271 e. The molecule has 2 aromatic rings. The van der Waals surface area contributed by atoms with E-state index in [2.05, 4.69) is 26.5 Å². The number of carbonyl (C=O) groups excluding carboxylic acids is 1. The molecule has 0 radical (unpaired) electrons. The van der Waals surface area contributed by atoms with E-state index in [9.17, 15) is 9.90 Å². The van der Waals surface area contributed by atoms with Crippen LogP contribution in [0.15, 0.2) is 46.0 Å². The summed E-state index contributed by atoms with van der Waals surface area (Å²) >= 11 is 3.21. The Morgan fingerprint density at radius 1 is 1.17 bits per heavy atom. The highest BCUT2D eigenvalue weighted by Crippen LogP contribution is 2.24. The van der Waals surface area contributed by atoms with Crippen LogP contribution in [0.5, 0.6) is 17.2 Å². The first-order valence-corrected chi connectivity index (χ1v) is 7.38. The lowest BCUT2D eigenvalue weighted by Gasteiger charge is -2.07. The fourth-order valence-electron chi connectivity index (χ4n) is 1.77. The van der Waals surface area contributed by atoms with Crippen molar-refractivity contribution in [2.45, 2.75) is 0 Å². The Hall–Kier alpha value is -2.54. The number of rotatable bonds is 5. The van der Waals surface area contributed by atoms with E-state index in [4.69, 9.17) is 9.47 Å². The molecular formula is C16H15BrN2O4. The highest BCUT2D eigenvalue weighted by atomic mass is 79.9. The van der Waals surface area contributed by atoms with Gasteiger partial charge in [-0.15, -0.1) is 0 Å². The number of benzene rings is 2. The molecule has 0 atom stereocenters. The van der Waals surface area contributed by atoms with Crippen LogP contribution >= 0.6 is 15.9 Å². The van der Waals surface area contributed by atoms with Crippen LogP contribution in [0.2, 0.25) is 0 Å². The van der Waals surface area contributed by atoms with Crippen LogP contribution in [0, 0.1) is 0 Å². The molecule has 2 N–H and O–H groups in total. The minimum absolute atomic E-state index is 0.134. The standard InChI is InChI=1S/C16H15BrN2O4/c1-22-12-6-11(7-13(8-12)23-2)16(21)19-18-9-10-3-4-15(20)14(17)5-10/h3-9,20H,1-2H3,(H,19,21)/b18-9-. The lowest BCUT2D eigenvalue weighted by Crippen LogP contribution is -2.17. The van der Waals surface area contributed by atoms with Crippen LogP contribution in [0.1, 0.15) is 15.9 Å². The van der Waals surface area contributed by atoms with Gasteiger partial charge in [-0.3, -0.25) is 4.79 Å². The molecule has 0 fully saturated rings. The van der Waals surface area contributed by atoms with Crippen molar-refractivity contribution in [3.63, 3.8) is 0 Å². The van der Waals surface area contributed by atoms with Gasteiger partial charge in [0.1, 0.15) is 17.2 Å². The van der Waals surface area contributed by atoms with Crippen LogP contribution in [0.25, 0.3) is 0 Å². The summed E-state index contributed by atoms with van der Waals surface area (Å²) in [5, 5.41) is 13.3. The maximum Gasteiger partial charge on any atom is 0.271 e. The van der Waals surface area contributed by atoms with Crippen LogP contribution in [-0.4, -0.2) is 31.4 Å². The molecule has 0 bridgehead atoms. The van der Waals surface area contributed by atoms with E-state index in [0.717, 1.165) is 5.56 Å². The molecule has 7 heteroatoms. The average molecular weight is 379 g/mol. The van der Waals surface area contributed by atoms with E-state index in [-0.39, 0.29) is 5.75 Å². The SMILES string of the molecule is COc1cc(OC)cc(C(=O)N/N=C\c2ccc(O)c(Br)c2)c1. The highest BCUT2D eigenvalue weighted by molar-refractivity contribution is 9.10. The number of methoxy groups -OCH3 is 2. The van der Waals surface area contributed by atoms with Gasteiger partial charge < -0.3 is 14.6 Å². The third kappa shape index (κ3) is 4.46. The van der Waals surface area contributed by atoms with Gasteiger partial charge in [0.25, 0.3) is 5.91 Å². The molecular weight excluding hydrogens is 364 g/mol. The quantitative estimate of drug-likeness (QED) is 0.619. The molecule has 0 saturated carbocycles. The van der Waals surface area contributed by atoms with Crippen molar-refractivity contribution < 1.29 is 19.4 Å². The number of carbonyl (C=O) groups is 1. The Bertz CT molecular complexity index is 725. The second-order valence-corrected chi connectivity index (χ2v) is 5.37. The second-order valence-electron chi connectivity index (χ2n) is 4.51. The van der Waals surface area contributed by atoms with Gasteiger partial charge >= 0.3 is 0 Å². The van der Waals surface area contributed by atoms with E-state index < -0.39 is 5.91 Å². The molecule has 23 heavy (non-hydrogen) atoms. The highest BCUT2D eigenvalue weighted by Gasteiger charge is 2.09. The first-order chi connectivity index (χ1) is 11.0. The molecule has 1 amide bonds.